The van der Waals surface area contributed by atoms with Gasteiger partial charge in [0.25, 0.3) is 0 Å². The number of benzene rings is 2. The van der Waals surface area contributed by atoms with E-state index in [9.17, 15) is 9.59 Å². The number of thiazole rings is 1. The van der Waals surface area contributed by atoms with Gasteiger partial charge in [0, 0.05) is 5.38 Å². The maximum atomic E-state index is 12.3. The van der Waals surface area contributed by atoms with Crippen molar-refractivity contribution in [1.82, 2.24) is 4.98 Å². The molecular weight excluding hydrogens is 364 g/mol. The molecule has 1 heterocycles. The summed E-state index contributed by atoms with van der Waals surface area (Å²) < 4.78 is 10.4. The molecule has 0 aliphatic carbocycles. The first kappa shape index (κ1) is 18.6. The van der Waals surface area contributed by atoms with Crippen LogP contribution in [0.1, 0.15) is 21.1 Å². The topological polar surface area (TPSA) is 77.5 Å². The molecule has 0 spiro atoms. The van der Waals surface area contributed by atoms with Crippen LogP contribution in [-0.2, 0) is 22.6 Å². The molecule has 0 bridgehead atoms. The summed E-state index contributed by atoms with van der Waals surface area (Å²) in [4.78, 5) is 28.5. The third-order valence-electron chi connectivity index (χ3n) is 3.65. The van der Waals surface area contributed by atoms with Crippen molar-refractivity contribution in [2.24, 2.45) is 0 Å². The van der Waals surface area contributed by atoms with Crippen LogP contribution in [0, 0.1) is 0 Å². The van der Waals surface area contributed by atoms with Gasteiger partial charge in [-0.05, 0) is 24.3 Å². The number of hydrogen-bond donors (Lipinski definition) is 1. The first-order valence-corrected chi connectivity index (χ1v) is 9.12. The van der Waals surface area contributed by atoms with E-state index in [0.29, 0.717) is 23.6 Å². The van der Waals surface area contributed by atoms with Crippen molar-refractivity contribution in [2.45, 2.75) is 13.0 Å². The van der Waals surface area contributed by atoms with Crippen LogP contribution in [0.15, 0.2) is 60.0 Å². The molecule has 138 valence electrons. The van der Waals surface area contributed by atoms with Crippen molar-refractivity contribution in [3.63, 3.8) is 0 Å². The highest BCUT2D eigenvalue weighted by molar-refractivity contribution is 7.09. The number of carbonyl (C=O) groups is 2. The fourth-order valence-corrected chi connectivity index (χ4v) is 3.10. The molecule has 0 unspecified atom stereocenters. The number of aromatic nitrogens is 1. The highest BCUT2D eigenvalue weighted by Gasteiger charge is 2.14. The molecule has 0 saturated carbocycles. The zero-order valence-corrected chi connectivity index (χ0v) is 15.5. The molecule has 1 N–H and O–H groups in total. The smallest absolute Gasteiger partial charge is 0.339 e. The Kier molecular flexibility index (Phi) is 6.17. The van der Waals surface area contributed by atoms with Gasteiger partial charge in [0.15, 0.2) is 0 Å². The number of nitrogens with one attached hydrogen (secondary N) is 1. The lowest BCUT2D eigenvalue weighted by atomic mass is 10.1. The molecule has 0 radical (unpaired) electrons. The highest BCUT2D eigenvalue weighted by atomic mass is 32.1. The molecule has 6 nitrogen and oxygen atoms in total. The third-order valence-corrected chi connectivity index (χ3v) is 4.52. The van der Waals surface area contributed by atoms with Crippen LogP contribution in [-0.4, -0.2) is 24.0 Å². The monoisotopic (exact) mass is 382 g/mol. The van der Waals surface area contributed by atoms with Gasteiger partial charge in [-0.2, -0.15) is 0 Å². The molecule has 0 aliphatic heterocycles. The second kappa shape index (κ2) is 8.95. The lowest BCUT2D eigenvalue weighted by Crippen LogP contribution is -2.17. The molecule has 0 saturated heterocycles. The summed E-state index contributed by atoms with van der Waals surface area (Å²) in [6, 6.07) is 16.2. The molecular formula is C20H18N2O4S. The zero-order chi connectivity index (χ0) is 19.1. The van der Waals surface area contributed by atoms with Crippen molar-refractivity contribution in [1.29, 1.82) is 0 Å². The number of amides is 1. The molecule has 2 aromatic carbocycles. The van der Waals surface area contributed by atoms with Gasteiger partial charge in [0.1, 0.15) is 17.4 Å². The van der Waals surface area contributed by atoms with Crippen LogP contribution in [0.3, 0.4) is 0 Å². The maximum Gasteiger partial charge on any atom is 0.339 e. The molecule has 27 heavy (non-hydrogen) atoms. The number of carbonyl (C=O) groups excluding carboxylic acids is 2. The number of para-hydroxylation sites is 2. The summed E-state index contributed by atoms with van der Waals surface area (Å²) in [5, 5.41) is 5.35. The summed E-state index contributed by atoms with van der Waals surface area (Å²) in [6.45, 7) is 0.349. The van der Waals surface area contributed by atoms with Crippen LogP contribution >= 0.6 is 11.3 Å². The van der Waals surface area contributed by atoms with Gasteiger partial charge in [-0.3, -0.25) is 4.79 Å². The van der Waals surface area contributed by atoms with Crippen LogP contribution in [0.25, 0.3) is 0 Å². The Balaban J connectivity index is 1.58. The van der Waals surface area contributed by atoms with E-state index >= 15 is 0 Å². The number of rotatable bonds is 7. The van der Waals surface area contributed by atoms with Crippen LogP contribution < -0.4 is 10.1 Å². The number of nitrogens with zero attached hydrogens (tertiary/aromatic N) is 1. The number of ether oxygens (including phenoxy) is 2. The Bertz CT molecular complexity index is 924. The van der Waals surface area contributed by atoms with Crippen LogP contribution in [0.2, 0.25) is 0 Å². The van der Waals surface area contributed by atoms with Crippen molar-refractivity contribution < 1.29 is 19.1 Å². The van der Waals surface area contributed by atoms with E-state index in [1.54, 1.807) is 24.3 Å². The Labute approximate surface area is 160 Å². The van der Waals surface area contributed by atoms with Crippen LogP contribution in [0.5, 0.6) is 5.75 Å². The SMILES string of the molecule is COC(=O)c1ccccc1NC(=O)Cc1csc(COc2ccccc2)n1. The second-order valence-electron chi connectivity index (χ2n) is 5.60. The van der Waals surface area contributed by atoms with Gasteiger partial charge in [0.2, 0.25) is 5.91 Å². The minimum Gasteiger partial charge on any atom is -0.486 e. The highest BCUT2D eigenvalue weighted by Crippen LogP contribution is 2.18. The van der Waals surface area contributed by atoms with Gasteiger partial charge in [-0.1, -0.05) is 30.3 Å². The third kappa shape index (κ3) is 5.15. The summed E-state index contributed by atoms with van der Waals surface area (Å²) in [7, 11) is 1.30. The van der Waals surface area contributed by atoms with E-state index in [0.717, 1.165) is 10.8 Å². The molecule has 3 rings (SSSR count). The fourth-order valence-electron chi connectivity index (χ4n) is 2.40. The van der Waals surface area contributed by atoms with Gasteiger partial charge < -0.3 is 14.8 Å². The van der Waals surface area contributed by atoms with E-state index in [2.05, 4.69) is 10.3 Å². The molecule has 0 fully saturated rings. The minimum absolute atomic E-state index is 0.108. The Hall–Kier alpha value is -3.19. The van der Waals surface area contributed by atoms with Gasteiger partial charge in [-0.15, -0.1) is 11.3 Å². The van der Waals surface area contributed by atoms with Gasteiger partial charge >= 0.3 is 5.97 Å². The predicted molar refractivity (Wildman–Crippen MR) is 103 cm³/mol. The van der Waals surface area contributed by atoms with Crippen LogP contribution in [0.4, 0.5) is 5.69 Å². The molecule has 3 aromatic rings. The summed E-state index contributed by atoms with van der Waals surface area (Å²) in [6.07, 6.45) is 0.108. The lowest BCUT2D eigenvalue weighted by Gasteiger charge is -2.08. The number of esters is 1. The lowest BCUT2D eigenvalue weighted by molar-refractivity contribution is -0.115. The number of hydrogen-bond acceptors (Lipinski definition) is 6. The second-order valence-corrected chi connectivity index (χ2v) is 6.54. The quantitative estimate of drug-likeness (QED) is 0.631. The van der Waals surface area contributed by atoms with Crippen molar-refractivity contribution in [2.75, 3.05) is 12.4 Å². The molecule has 1 aromatic heterocycles. The summed E-state index contributed by atoms with van der Waals surface area (Å²) in [5.74, 6) is 0.0125. The molecule has 7 heteroatoms. The van der Waals surface area contributed by atoms with Gasteiger partial charge in [-0.25, -0.2) is 9.78 Å². The average Bonchev–Trinajstić information content (AvgIpc) is 3.14. The van der Waals surface area contributed by atoms with E-state index < -0.39 is 5.97 Å². The Morgan fingerprint density at radius 2 is 1.81 bits per heavy atom. The van der Waals surface area contributed by atoms with Crippen molar-refractivity contribution >= 4 is 28.9 Å². The van der Waals surface area contributed by atoms with E-state index in [-0.39, 0.29) is 12.3 Å². The number of anilines is 1. The molecule has 0 aliphatic rings. The Morgan fingerprint density at radius 3 is 2.59 bits per heavy atom. The molecule has 1 amide bonds. The van der Waals surface area contributed by atoms with E-state index in [4.69, 9.17) is 9.47 Å². The first-order chi connectivity index (χ1) is 13.2. The number of methoxy groups -OCH3 is 1. The molecule has 0 atom stereocenters. The minimum atomic E-state index is -0.500. The average molecular weight is 382 g/mol. The zero-order valence-electron chi connectivity index (χ0n) is 14.7. The maximum absolute atomic E-state index is 12.3. The first-order valence-electron chi connectivity index (χ1n) is 8.24. The Morgan fingerprint density at radius 1 is 1.07 bits per heavy atom. The fraction of sp³-hybridized carbons (Fsp3) is 0.150. The summed E-state index contributed by atoms with van der Waals surface area (Å²) in [5.41, 5.74) is 1.38. The summed E-state index contributed by atoms with van der Waals surface area (Å²) >= 11 is 1.44. The van der Waals surface area contributed by atoms with E-state index in [1.807, 2.05) is 35.7 Å². The van der Waals surface area contributed by atoms with Crippen molar-refractivity contribution in [3.8, 4) is 5.75 Å². The standard InChI is InChI=1S/C20H18N2O4S/c1-25-20(24)16-9-5-6-10-17(16)22-18(23)11-14-13-27-19(21-14)12-26-15-7-3-2-4-8-15/h2-10,13H,11-12H2,1H3,(H,22,23). The normalized spacial score (nSPS) is 10.3. The largest absolute Gasteiger partial charge is 0.486 e. The predicted octanol–water partition coefficient (Wildman–Crippen LogP) is 3.69. The van der Waals surface area contributed by atoms with Crippen molar-refractivity contribution in [3.05, 3.63) is 76.2 Å². The van der Waals surface area contributed by atoms with Gasteiger partial charge in [0.05, 0.1) is 30.5 Å². The van der Waals surface area contributed by atoms with E-state index in [1.165, 1.54) is 18.4 Å².